The third kappa shape index (κ3) is 3.61. The summed E-state index contributed by atoms with van der Waals surface area (Å²) in [7, 11) is 3.86. The molecule has 0 aliphatic carbocycles. The molecule has 0 atom stereocenters. The Bertz CT molecular complexity index is 686. The first-order valence-electron chi connectivity index (χ1n) is 6.43. The van der Waals surface area contributed by atoms with Crippen LogP contribution in [0, 0.1) is 12.7 Å². The second-order valence-electron chi connectivity index (χ2n) is 4.97. The molecule has 3 nitrogen and oxygen atoms in total. The fourth-order valence-electron chi connectivity index (χ4n) is 2.04. The number of rotatable bonds is 3. The average Bonchev–Trinajstić information content (AvgIpc) is 2.43. The minimum atomic E-state index is -0.546. The molecule has 0 unspecified atom stereocenters. The van der Waals surface area contributed by atoms with Crippen LogP contribution in [-0.2, 0) is 0 Å². The van der Waals surface area contributed by atoms with Crippen LogP contribution in [-0.4, -0.2) is 20.0 Å². The maximum atomic E-state index is 13.7. The number of nitrogens with one attached hydrogen (secondary N) is 1. The van der Waals surface area contributed by atoms with E-state index in [0.29, 0.717) is 10.2 Å². The van der Waals surface area contributed by atoms with Crippen LogP contribution in [0.2, 0.25) is 0 Å². The van der Waals surface area contributed by atoms with E-state index >= 15 is 0 Å². The summed E-state index contributed by atoms with van der Waals surface area (Å²) in [6, 6.07) is 9.87. The molecule has 2 aromatic rings. The van der Waals surface area contributed by atoms with Crippen molar-refractivity contribution >= 4 is 33.2 Å². The second kappa shape index (κ2) is 6.26. The average molecular weight is 351 g/mol. The van der Waals surface area contributed by atoms with Gasteiger partial charge in [-0.2, -0.15) is 0 Å². The molecule has 0 saturated heterocycles. The molecular weight excluding hydrogens is 335 g/mol. The molecule has 21 heavy (non-hydrogen) atoms. The summed E-state index contributed by atoms with van der Waals surface area (Å²) in [6.45, 7) is 1.99. The molecule has 1 N–H and O–H groups in total. The monoisotopic (exact) mass is 350 g/mol. The van der Waals surface area contributed by atoms with Gasteiger partial charge in [0.25, 0.3) is 5.91 Å². The molecule has 0 saturated carbocycles. The fourth-order valence-corrected chi connectivity index (χ4v) is 2.40. The Morgan fingerprint density at radius 1 is 1.19 bits per heavy atom. The van der Waals surface area contributed by atoms with Crippen molar-refractivity contribution in [3.63, 3.8) is 0 Å². The lowest BCUT2D eigenvalue weighted by Gasteiger charge is -2.17. The Morgan fingerprint density at radius 2 is 1.90 bits per heavy atom. The zero-order valence-corrected chi connectivity index (χ0v) is 13.7. The predicted molar refractivity (Wildman–Crippen MR) is 87.6 cm³/mol. The zero-order valence-electron chi connectivity index (χ0n) is 12.1. The summed E-state index contributed by atoms with van der Waals surface area (Å²) >= 11 is 3.24. The van der Waals surface area contributed by atoms with Gasteiger partial charge in [0.1, 0.15) is 5.82 Å². The molecular formula is C16H16BrFN2O. The number of benzene rings is 2. The van der Waals surface area contributed by atoms with Crippen LogP contribution in [0.15, 0.2) is 40.9 Å². The highest BCUT2D eigenvalue weighted by atomic mass is 79.9. The van der Waals surface area contributed by atoms with E-state index in [1.807, 2.05) is 38.1 Å². The number of anilines is 2. The van der Waals surface area contributed by atoms with Crippen molar-refractivity contribution in [2.45, 2.75) is 6.92 Å². The Labute approximate surface area is 131 Å². The highest BCUT2D eigenvalue weighted by molar-refractivity contribution is 9.10. The van der Waals surface area contributed by atoms with Crippen molar-refractivity contribution in [1.82, 2.24) is 0 Å². The number of nitrogens with zero attached hydrogens (tertiary/aromatic N) is 1. The minimum absolute atomic E-state index is 0.0105. The smallest absolute Gasteiger partial charge is 0.258 e. The number of halogens is 2. The number of carbonyl (C=O) groups excluding carboxylic acids is 1. The molecule has 0 aliphatic heterocycles. The van der Waals surface area contributed by atoms with E-state index in [-0.39, 0.29) is 5.56 Å². The third-order valence-corrected chi connectivity index (χ3v) is 3.62. The van der Waals surface area contributed by atoms with Crippen LogP contribution in [0.3, 0.4) is 0 Å². The number of carbonyl (C=O) groups is 1. The first kappa shape index (κ1) is 15.5. The normalized spacial score (nSPS) is 10.3. The molecule has 0 heterocycles. The van der Waals surface area contributed by atoms with Crippen molar-refractivity contribution in [3.05, 3.63) is 57.8 Å². The summed E-state index contributed by atoms with van der Waals surface area (Å²) in [5.74, 6) is -1.02. The Hall–Kier alpha value is -1.88. The van der Waals surface area contributed by atoms with Crippen LogP contribution in [0.5, 0.6) is 0 Å². The van der Waals surface area contributed by atoms with Gasteiger partial charge in [-0.1, -0.05) is 22.0 Å². The van der Waals surface area contributed by atoms with Crippen LogP contribution in [0.1, 0.15) is 15.9 Å². The maximum absolute atomic E-state index is 13.7. The third-order valence-electron chi connectivity index (χ3n) is 3.12. The van der Waals surface area contributed by atoms with Gasteiger partial charge in [-0.05, 0) is 42.8 Å². The summed E-state index contributed by atoms with van der Waals surface area (Å²) in [5, 5.41) is 2.72. The van der Waals surface area contributed by atoms with Crippen molar-refractivity contribution in [2.75, 3.05) is 24.3 Å². The summed E-state index contributed by atoms with van der Waals surface area (Å²) in [5.41, 5.74) is 2.75. The van der Waals surface area contributed by atoms with Gasteiger partial charge in [-0.15, -0.1) is 0 Å². The van der Waals surface area contributed by atoms with E-state index in [1.54, 1.807) is 12.1 Å². The standard InChI is InChI=1S/C16H16BrFN2O/c1-10-4-6-12(9-15(10)20(2)3)19-16(21)13-8-11(17)5-7-14(13)18/h4-9H,1-3H3,(H,19,21). The van der Waals surface area contributed by atoms with Crippen LogP contribution >= 0.6 is 15.9 Å². The molecule has 0 aromatic heterocycles. The van der Waals surface area contributed by atoms with E-state index in [2.05, 4.69) is 21.2 Å². The Kier molecular flexibility index (Phi) is 4.63. The summed E-state index contributed by atoms with van der Waals surface area (Å²) < 4.78 is 14.4. The lowest BCUT2D eigenvalue weighted by atomic mass is 10.1. The number of aryl methyl sites for hydroxylation is 1. The van der Waals surface area contributed by atoms with Crippen molar-refractivity contribution in [1.29, 1.82) is 0 Å². The second-order valence-corrected chi connectivity index (χ2v) is 5.89. The first-order chi connectivity index (χ1) is 9.88. The van der Waals surface area contributed by atoms with Crippen LogP contribution in [0.25, 0.3) is 0 Å². The molecule has 0 aliphatic rings. The van der Waals surface area contributed by atoms with E-state index < -0.39 is 11.7 Å². The van der Waals surface area contributed by atoms with Crippen molar-refractivity contribution < 1.29 is 9.18 Å². The van der Waals surface area contributed by atoms with Gasteiger partial charge in [0.05, 0.1) is 5.56 Å². The van der Waals surface area contributed by atoms with Gasteiger partial charge in [0, 0.05) is 29.9 Å². The molecule has 0 fully saturated rings. The summed E-state index contributed by atoms with van der Waals surface area (Å²) in [4.78, 5) is 14.1. The molecule has 0 bridgehead atoms. The maximum Gasteiger partial charge on any atom is 0.258 e. The van der Waals surface area contributed by atoms with Gasteiger partial charge in [0.2, 0.25) is 0 Å². The van der Waals surface area contributed by atoms with Crippen LogP contribution < -0.4 is 10.2 Å². The molecule has 2 aromatic carbocycles. The van der Waals surface area contributed by atoms with E-state index in [4.69, 9.17) is 0 Å². The van der Waals surface area contributed by atoms with E-state index in [0.717, 1.165) is 11.3 Å². The number of hydrogen-bond donors (Lipinski definition) is 1. The highest BCUT2D eigenvalue weighted by Gasteiger charge is 2.13. The van der Waals surface area contributed by atoms with E-state index in [9.17, 15) is 9.18 Å². The van der Waals surface area contributed by atoms with Crippen molar-refractivity contribution in [3.8, 4) is 0 Å². The molecule has 5 heteroatoms. The summed E-state index contributed by atoms with van der Waals surface area (Å²) in [6.07, 6.45) is 0. The number of amides is 1. The van der Waals surface area contributed by atoms with Crippen LogP contribution in [0.4, 0.5) is 15.8 Å². The van der Waals surface area contributed by atoms with Gasteiger partial charge in [0.15, 0.2) is 0 Å². The lowest BCUT2D eigenvalue weighted by molar-refractivity contribution is 0.102. The SMILES string of the molecule is Cc1ccc(NC(=O)c2cc(Br)ccc2F)cc1N(C)C. The molecule has 1 amide bonds. The van der Waals surface area contributed by atoms with E-state index in [1.165, 1.54) is 12.1 Å². The van der Waals surface area contributed by atoms with Gasteiger partial charge in [-0.3, -0.25) is 4.79 Å². The molecule has 0 spiro atoms. The molecule has 2 rings (SSSR count). The first-order valence-corrected chi connectivity index (χ1v) is 7.22. The Balaban J connectivity index is 2.27. The van der Waals surface area contributed by atoms with Gasteiger partial charge >= 0.3 is 0 Å². The van der Waals surface area contributed by atoms with Crippen molar-refractivity contribution in [2.24, 2.45) is 0 Å². The predicted octanol–water partition coefficient (Wildman–Crippen LogP) is 4.21. The fraction of sp³-hybridized carbons (Fsp3) is 0.188. The molecule has 0 radical (unpaired) electrons. The highest BCUT2D eigenvalue weighted by Crippen LogP contribution is 2.23. The quantitative estimate of drug-likeness (QED) is 0.898. The number of hydrogen-bond acceptors (Lipinski definition) is 2. The largest absolute Gasteiger partial charge is 0.377 e. The Morgan fingerprint density at radius 3 is 2.57 bits per heavy atom. The van der Waals surface area contributed by atoms with Gasteiger partial charge in [-0.25, -0.2) is 4.39 Å². The molecule has 110 valence electrons. The van der Waals surface area contributed by atoms with Gasteiger partial charge < -0.3 is 10.2 Å². The minimum Gasteiger partial charge on any atom is -0.377 e. The topological polar surface area (TPSA) is 32.3 Å². The zero-order chi connectivity index (χ0) is 15.6. The lowest BCUT2D eigenvalue weighted by Crippen LogP contribution is -2.15.